The molecule has 0 bridgehead atoms. The van der Waals surface area contributed by atoms with Gasteiger partial charge in [0.15, 0.2) is 0 Å². The molecule has 1 atom stereocenters. The molecule has 1 unspecified atom stereocenters. The van der Waals surface area contributed by atoms with Gasteiger partial charge in [0.1, 0.15) is 0 Å². The third-order valence-corrected chi connectivity index (χ3v) is 4.58. The predicted octanol–water partition coefficient (Wildman–Crippen LogP) is 3.25. The zero-order valence-corrected chi connectivity index (χ0v) is 13.6. The Labute approximate surface area is 143 Å². The highest BCUT2D eigenvalue weighted by Crippen LogP contribution is 2.24. The predicted molar refractivity (Wildman–Crippen MR) is 90.3 cm³/mol. The van der Waals surface area contributed by atoms with Crippen LogP contribution in [0.4, 0.5) is 0 Å². The van der Waals surface area contributed by atoms with Crippen molar-refractivity contribution in [2.24, 2.45) is 0 Å². The summed E-state index contributed by atoms with van der Waals surface area (Å²) in [5.41, 5.74) is 2.06. The lowest BCUT2D eigenvalue weighted by Gasteiger charge is -2.25. The van der Waals surface area contributed by atoms with Gasteiger partial charge in [0.2, 0.25) is 0 Å². The molecule has 2 N–H and O–H groups in total. The van der Waals surface area contributed by atoms with E-state index in [1.165, 1.54) is 6.07 Å². The van der Waals surface area contributed by atoms with E-state index in [2.05, 4.69) is 10.6 Å². The minimum absolute atomic E-state index is 0.0376. The topological polar surface area (TPSA) is 58.2 Å². The number of hydrogen-bond donors (Lipinski definition) is 2. The molecule has 2 aromatic rings. The number of halogens is 2. The summed E-state index contributed by atoms with van der Waals surface area (Å²) in [6.45, 7) is 0.924. The van der Waals surface area contributed by atoms with Crippen LogP contribution in [0.2, 0.25) is 10.0 Å². The fourth-order valence-corrected chi connectivity index (χ4v) is 2.92. The average Bonchev–Trinajstić information content (AvgIpc) is 2.57. The van der Waals surface area contributed by atoms with Crippen molar-refractivity contribution < 1.29 is 9.59 Å². The van der Waals surface area contributed by atoms with Crippen LogP contribution < -0.4 is 10.6 Å². The Balaban J connectivity index is 1.71. The summed E-state index contributed by atoms with van der Waals surface area (Å²) in [5.74, 6) is -0.263. The Kier molecular flexibility index (Phi) is 4.55. The van der Waals surface area contributed by atoms with Crippen LogP contribution in [0.3, 0.4) is 0 Å². The van der Waals surface area contributed by atoms with Crippen molar-refractivity contribution in [1.82, 2.24) is 10.6 Å². The van der Waals surface area contributed by atoms with E-state index in [0.29, 0.717) is 34.3 Å². The van der Waals surface area contributed by atoms with Gasteiger partial charge in [0, 0.05) is 30.1 Å². The Bertz CT molecular complexity index is 777. The van der Waals surface area contributed by atoms with Crippen LogP contribution in [0.15, 0.2) is 42.5 Å². The minimum Gasteiger partial charge on any atom is -0.351 e. The first-order valence-electron chi connectivity index (χ1n) is 7.16. The molecular formula is C17H14Cl2N2O2. The maximum Gasteiger partial charge on any atom is 0.251 e. The van der Waals surface area contributed by atoms with E-state index in [0.717, 1.165) is 5.56 Å². The monoisotopic (exact) mass is 348 g/mol. The van der Waals surface area contributed by atoms with Gasteiger partial charge in [-0.25, -0.2) is 0 Å². The molecule has 0 radical (unpaired) electrons. The molecule has 1 aliphatic heterocycles. The molecule has 0 aromatic heterocycles. The van der Waals surface area contributed by atoms with Crippen LogP contribution in [0, 0.1) is 0 Å². The van der Waals surface area contributed by atoms with E-state index < -0.39 is 0 Å². The first kappa shape index (κ1) is 15.8. The van der Waals surface area contributed by atoms with Crippen molar-refractivity contribution in [3.63, 3.8) is 0 Å². The van der Waals surface area contributed by atoms with Gasteiger partial charge >= 0.3 is 0 Å². The third-order valence-electron chi connectivity index (χ3n) is 3.85. The highest BCUT2D eigenvalue weighted by Gasteiger charge is 2.25. The van der Waals surface area contributed by atoms with Crippen molar-refractivity contribution in [3.8, 4) is 0 Å². The summed E-state index contributed by atoms with van der Waals surface area (Å²) in [7, 11) is 0. The number of carbonyl (C=O) groups is 2. The molecule has 0 saturated carbocycles. The molecular weight excluding hydrogens is 335 g/mol. The van der Waals surface area contributed by atoms with Crippen LogP contribution >= 0.6 is 23.2 Å². The summed E-state index contributed by atoms with van der Waals surface area (Å²) in [6, 6.07) is 12.2. The number of rotatable bonds is 3. The fourth-order valence-electron chi connectivity index (χ4n) is 2.62. The summed E-state index contributed by atoms with van der Waals surface area (Å²) in [5, 5.41) is 6.47. The standard InChI is InChI=1S/C17H14Cl2N2O2/c18-14-6-5-10(7-15(14)19)16(22)20-8-11-9-21-17(23)13-4-2-1-3-12(11)13/h1-7,11H,8-9H2,(H,20,22)(H,21,23). The Hall–Kier alpha value is -2.04. The number of fused-ring (bicyclic) bond motifs is 1. The molecule has 0 saturated heterocycles. The Morgan fingerprint density at radius 1 is 1.17 bits per heavy atom. The molecule has 0 spiro atoms. The van der Waals surface area contributed by atoms with E-state index in [1.54, 1.807) is 18.2 Å². The van der Waals surface area contributed by atoms with Crippen molar-refractivity contribution >= 4 is 35.0 Å². The van der Waals surface area contributed by atoms with Gasteiger partial charge in [-0.15, -0.1) is 0 Å². The van der Waals surface area contributed by atoms with Crippen molar-refractivity contribution in [1.29, 1.82) is 0 Å². The normalized spacial score (nSPS) is 16.4. The summed E-state index contributed by atoms with van der Waals surface area (Å²) < 4.78 is 0. The number of benzene rings is 2. The second-order valence-electron chi connectivity index (χ2n) is 5.33. The SMILES string of the molecule is O=C(NCC1CNC(=O)c2ccccc21)c1ccc(Cl)c(Cl)c1. The van der Waals surface area contributed by atoms with Gasteiger partial charge in [0.25, 0.3) is 11.8 Å². The second-order valence-corrected chi connectivity index (χ2v) is 6.15. The largest absolute Gasteiger partial charge is 0.351 e. The van der Waals surface area contributed by atoms with E-state index in [9.17, 15) is 9.59 Å². The molecule has 23 heavy (non-hydrogen) atoms. The quantitative estimate of drug-likeness (QED) is 0.894. The zero-order chi connectivity index (χ0) is 16.4. The average molecular weight is 349 g/mol. The maximum absolute atomic E-state index is 12.2. The molecule has 2 aromatic carbocycles. The number of hydrogen-bond acceptors (Lipinski definition) is 2. The van der Waals surface area contributed by atoms with Gasteiger partial charge < -0.3 is 10.6 Å². The first-order chi connectivity index (χ1) is 11.1. The molecule has 6 heteroatoms. The molecule has 1 heterocycles. The molecule has 3 rings (SSSR count). The van der Waals surface area contributed by atoms with Crippen molar-refractivity contribution in [2.45, 2.75) is 5.92 Å². The van der Waals surface area contributed by atoms with Gasteiger partial charge in [-0.3, -0.25) is 9.59 Å². The lowest BCUT2D eigenvalue weighted by molar-refractivity contribution is 0.0936. The Morgan fingerprint density at radius 2 is 1.96 bits per heavy atom. The summed E-state index contributed by atoms with van der Waals surface area (Å²) in [6.07, 6.45) is 0. The van der Waals surface area contributed by atoms with Crippen molar-refractivity contribution in [3.05, 3.63) is 69.2 Å². The third kappa shape index (κ3) is 3.33. The van der Waals surface area contributed by atoms with Gasteiger partial charge in [-0.05, 0) is 29.8 Å². The minimum atomic E-state index is -0.224. The lowest BCUT2D eigenvalue weighted by atomic mass is 9.90. The van der Waals surface area contributed by atoms with Crippen LogP contribution in [0.1, 0.15) is 32.2 Å². The van der Waals surface area contributed by atoms with Crippen molar-refractivity contribution in [2.75, 3.05) is 13.1 Å². The van der Waals surface area contributed by atoms with Crippen LogP contribution in [-0.2, 0) is 0 Å². The molecule has 118 valence electrons. The molecule has 0 aliphatic carbocycles. The van der Waals surface area contributed by atoms with E-state index in [1.807, 2.05) is 18.2 Å². The van der Waals surface area contributed by atoms with E-state index in [-0.39, 0.29) is 17.7 Å². The van der Waals surface area contributed by atoms with Crippen LogP contribution in [0.25, 0.3) is 0 Å². The zero-order valence-electron chi connectivity index (χ0n) is 12.1. The molecule has 1 aliphatic rings. The van der Waals surface area contributed by atoms with Crippen LogP contribution in [-0.4, -0.2) is 24.9 Å². The number of carbonyl (C=O) groups excluding carboxylic acids is 2. The summed E-state index contributed by atoms with van der Waals surface area (Å²) in [4.78, 5) is 24.1. The second kappa shape index (κ2) is 6.60. The lowest BCUT2D eigenvalue weighted by Crippen LogP contribution is -2.40. The van der Waals surface area contributed by atoms with E-state index >= 15 is 0 Å². The van der Waals surface area contributed by atoms with Crippen LogP contribution in [0.5, 0.6) is 0 Å². The smallest absolute Gasteiger partial charge is 0.251 e. The van der Waals surface area contributed by atoms with Gasteiger partial charge in [-0.2, -0.15) is 0 Å². The van der Waals surface area contributed by atoms with E-state index in [4.69, 9.17) is 23.2 Å². The summed E-state index contributed by atoms with van der Waals surface area (Å²) >= 11 is 11.8. The number of amides is 2. The number of nitrogens with one attached hydrogen (secondary N) is 2. The van der Waals surface area contributed by atoms with Gasteiger partial charge in [0.05, 0.1) is 10.0 Å². The molecule has 2 amide bonds. The molecule has 0 fully saturated rings. The highest BCUT2D eigenvalue weighted by atomic mass is 35.5. The first-order valence-corrected chi connectivity index (χ1v) is 7.92. The fraction of sp³-hybridized carbons (Fsp3) is 0.176. The van der Waals surface area contributed by atoms with Gasteiger partial charge in [-0.1, -0.05) is 41.4 Å². The Morgan fingerprint density at radius 3 is 2.74 bits per heavy atom. The maximum atomic E-state index is 12.2. The highest BCUT2D eigenvalue weighted by molar-refractivity contribution is 6.42. The molecule has 4 nitrogen and oxygen atoms in total.